The highest BCUT2D eigenvalue weighted by Gasteiger charge is 2.31. The van der Waals surface area contributed by atoms with Crippen molar-refractivity contribution in [3.63, 3.8) is 0 Å². The van der Waals surface area contributed by atoms with Crippen LogP contribution in [0, 0.1) is 5.82 Å². The summed E-state index contributed by atoms with van der Waals surface area (Å²) in [7, 11) is 0. The molecule has 1 atom stereocenters. The van der Waals surface area contributed by atoms with E-state index >= 15 is 0 Å². The van der Waals surface area contributed by atoms with Gasteiger partial charge in [0.05, 0.1) is 30.3 Å². The fourth-order valence-corrected chi connectivity index (χ4v) is 4.19. The molecule has 1 saturated heterocycles. The molecule has 0 saturated carbocycles. The molecule has 8 nitrogen and oxygen atoms in total. The fourth-order valence-electron chi connectivity index (χ4n) is 3.22. The first-order valence-electron chi connectivity index (χ1n) is 9.88. The van der Waals surface area contributed by atoms with Crippen LogP contribution in [0.4, 0.5) is 9.18 Å². The zero-order valence-corrected chi connectivity index (χ0v) is 21.2. The first kappa shape index (κ1) is 25.1. The predicted molar refractivity (Wildman–Crippen MR) is 124 cm³/mol. The molecule has 2 heterocycles. The van der Waals surface area contributed by atoms with Crippen LogP contribution in [0.5, 0.6) is 5.75 Å². The van der Waals surface area contributed by atoms with Crippen LogP contribution in [0.2, 0.25) is 5.02 Å². The number of nitrogens with zero attached hydrogens (tertiary/aromatic N) is 2. The molecule has 1 fully saturated rings. The van der Waals surface area contributed by atoms with Gasteiger partial charge in [0.1, 0.15) is 21.5 Å². The third kappa shape index (κ3) is 5.49. The van der Waals surface area contributed by atoms with Crippen LogP contribution >= 0.6 is 39.3 Å². The van der Waals surface area contributed by atoms with Crippen molar-refractivity contribution in [1.82, 2.24) is 14.9 Å². The number of ether oxygens (including phenoxy) is 3. The first-order chi connectivity index (χ1) is 15.0. The monoisotopic (exact) mass is 551 g/mol. The van der Waals surface area contributed by atoms with Crippen molar-refractivity contribution in [3.05, 3.63) is 25.7 Å². The Morgan fingerprint density at radius 1 is 1.47 bits per heavy atom. The number of carbonyl (C=O) groups is 1. The average Bonchev–Trinajstić information content (AvgIpc) is 2.73. The van der Waals surface area contributed by atoms with Crippen LogP contribution in [-0.4, -0.2) is 65.2 Å². The van der Waals surface area contributed by atoms with Crippen LogP contribution < -0.4 is 10.3 Å². The molecule has 3 rings (SSSR count). The molecule has 32 heavy (non-hydrogen) atoms. The molecule has 2 aromatic rings. The molecular formula is C20H24BrClFN3O5S. The molecule has 1 aromatic heterocycles. The van der Waals surface area contributed by atoms with Gasteiger partial charge >= 0.3 is 6.09 Å². The second kappa shape index (κ2) is 10.1. The topological polar surface area (TPSA) is 93.8 Å². The number of thioether (sulfide) groups is 1. The van der Waals surface area contributed by atoms with Crippen LogP contribution in [0.15, 0.2) is 14.4 Å². The Morgan fingerprint density at radius 3 is 2.84 bits per heavy atom. The fraction of sp³-hybridized carbons (Fsp3) is 0.550. The van der Waals surface area contributed by atoms with Gasteiger partial charge in [-0.1, -0.05) is 23.4 Å². The summed E-state index contributed by atoms with van der Waals surface area (Å²) in [5.74, 6) is -0.715. The Kier molecular flexibility index (Phi) is 7.95. The lowest BCUT2D eigenvalue weighted by molar-refractivity contribution is -0.0361. The average molecular weight is 553 g/mol. The zero-order valence-electron chi connectivity index (χ0n) is 18.1. The molecule has 1 amide bonds. The molecule has 1 N–H and O–H groups in total. The molecule has 1 aliphatic heterocycles. The Bertz CT molecular complexity index is 1080. The number of aromatic amines is 1. The molecule has 0 aliphatic carbocycles. The maximum absolute atomic E-state index is 14.7. The molecule has 0 radical (unpaired) electrons. The van der Waals surface area contributed by atoms with Crippen LogP contribution in [0.1, 0.15) is 27.2 Å². The van der Waals surface area contributed by atoms with Crippen LogP contribution in [0.3, 0.4) is 0 Å². The summed E-state index contributed by atoms with van der Waals surface area (Å²) >= 11 is 10.6. The molecule has 176 valence electrons. The maximum Gasteiger partial charge on any atom is 0.410 e. The Morgan fingerprint density at radius 2 is 2.19 bits per heavy atom. The van der Waals surface area contributed by atoms with Gasteiger partial charge in [0.15, 0.2) is 16.7 Å². The van der Waals surface area contributed by atoms with Gasteiger partial charge < -0.3 is 24.1 Å². The number of hydrogen-bond donors (Lipinski definition) is 1. The van der Waals surface area contributed by atoms with E-state index < -0.39 is 23.1 Å². The highest BCUT2D eigenvalue weighted by atomic mass is 79.9. The standard InChI is InChI=1S/C20H24BrClFN3O5S/c1-20(2,3)31-19(28)26-6-8-29-9-10(26)5-7-30-16-11-15(14(23)12(21)13(16)22)24-18(32-4)25-17(11)27/h10H,5-9H2,1-4H3,(H,24,25,27)/t10-/m0/s1. The summed E-state index contributed by atoms with van der Waals surface area (Å²) in [4.78, 5) is 33.5. The number of nitrogens with one attached hydrogen (secondary N) is 1. The van der Waals surface area contributed by atoms with Gasteiger partial charge in [-0.15, -0.1) is 0 Å². The van der Waals surface area contributed by atoms with E-state index in [1.165, 1.54) is 11.8 Å². The number of carbonyl (C=O) groups excluding carboxylic acids is 1. The lowest BCUT2D eigenvalue weighted by Gasteiger charge is -2.36. The van der Waals surface area contributed by atoms with Gasteiger partial charge in [-0.25, -0.2) is 14.2 Å². The lowest BCUT2D eigenvalue weighted by Crippen LogP contribution is -2.50. The van der Waals surface area contributed by atoms with E-state index in [-0.39, 0.29) is 44.0 Å². The minimum Gasteiger partial charge on any atom is -0.491 e. The Balaban J connectivity index is 1.83. The summed E-state index contributed by atoms with van der Waals surface area (Å²) in [5.41, 5.74) is -1.31. The number of rotatable bonds is 5. The van der Waals surface area contributed by atoms with Gasteiger partial charge in [-0.2, -0.15) is 0 Å². The number of aromatic nitrogens is 2. The van der Waals surface area contributed by atoms with Crippen LogP contribution in [-0.2, 0) is 9.47 Å². The number of hydrogen-bond acceptors (Lipinski definition) is 7. The third-order valence-electron chi connectivity index (χ3n) is 4.66. The Labute approximate surface area is 202 Å². The van der Waals surface area contributed by atoms with Gasteiger partial charge in [-0.3, -0.25) is 4.79 Å². The summed E-state index contributed by atoms with van der Waals surface area (Å²) in [6.07, 6.45) is 1.68. The van der Waals surface area contributed by atoms with Crippen molar-refractivity contribution in [1.29, 1.82) is 0 Å². The number of morpholine rings is 1. The molecule has 0 unspecified atom stereocenters. The van der Waals surface area contributed by atoms with Gasteiger partial charge in [0.2, 0.25) is 0 Å². The van der Waals surface area contributed by atoms with Gasteiger partial charge in [0.25, 0.3) is 5.56 Å². The molecule has 1 aromatic carbocycles. The minimum absolute atomic E-state index is 0.0249. The predicted octanol–water partition coefficient (Wildman–Crippen LogP) is 4.60. The van der Waals surface area contributed by atoms with Gasteiger partial charge in [-0.05, 0) is 43.0 Å². The number of halogens is 3. The summed E-state index contributed by atoms with van der Waals surface area (Å²) in [6.45, 7) is 6.64. The smallest absolute Gasteiger partial charge is 0.410 e. The lowest BCUT2D eigenvalue weighted by atomic mass is 10.1. The molecule has 1 aliphatic rings. The van der Waals surface area contributed by atoms with E-state index in [0.717, 1.165) is 0 Å². The van der Waals surface area contributed by atoms with E-state index in [1.807, 2.05) is 0 Å². The highest BCUT2D eigenvalue weighted by Crippen LogP contribution is 2.40. The van der Waals surface area contributed by atoms with Gasteiger partial charge in [0, 0.05) is 13.0 Å². The molecule has 12 heteroatoms. The summed E-state index contributed by atoms with van der Waals surface area (Å²) in [6, 6.07) is -0.285. The zero-order chi connectivity index (χ0) is 23.6. The molecular weight excluding hydrogens is 529 g/mol. The van der Waals surface area contributed by atoms with Crippen molar-refractivity contribution in [3.8, 4) is 5.75 Å². The van der Waals surface area contributed by atoms with E-state index in [1.54, 1.807) is 31.9 Å². The van der Waals surface area contributed by atoms with Crippen molar-refractivity contribution < 1.29 is 23.4 Å². The number of amides is 1. The molecule has 0 spiro atoms. The van der Waals surface area contributed by atoms with Crippen molar-refractivity contribution in [2.75, 3.05) is 32.6 Å². The second-order valence-electron chi connectivity index (χ2n) is 8.11. The van der Waals surface area contributed by atoms with E-state index in [2.05, 4.69) is 25.9 Å². The van der Waals surface area contributed by atoms with E-state index in [0.29, 0.717) is 26.2 Å². The number of fused-ring (bicyclic) bond motifs is 1. The first-order valence-corrected chi connectivity index (χ1v) is 12.3. The largest absolute Gasteiger partial charge is 0.491 e. The third-order valence-corrected chi connectivity index (χ3v) is 6.58. The van der Waals surface area contributed by atoms with E-state index in [4.69, 9.17) is 25.8 Å². The number of benzene rings is 1. The van der Waals surface area contributed by atoms with Crippen molar-refractivity contribution in [2.45, 2.75) is 44.0 Å². The maximum atomic E-state index is 14.7. The highest BCUT2D eigenvalue weighted by molar-refractivity contribution is 9.10. The Hall–Kier alpha value is -1.56. The summed E-state index contributed by atoms with van der Waals surface area (Å²) in [5, 5.41) is 0.134. The van der Waals surface area contributed by atoms with Crippen molar-refractivity contribution >= 4 is 56.3 Å². The minimum atomic E-state index is -0.740. The normalized spacial score (nSPS) is 17.0. The second-order valence-corrected chi connectivity index (χ2v) is 10.1. The van der Waals surface area contributed by atoms with Crippen molar-refractivity contribution in [2.24, 2.45) is 0 Å². The number of H-pyrrole nitrogens is 1. The van der Waals surface area contributed by atoms with E-state index in [9.17, 15) is 14.0 Å². The summed E-state index contributed by atoms with van der Waals surface area (Å²) < 4.78 is 31.5. The van der Waals surface area contributed by atoms with Crippen LogP contribution in [0.25, 0.3) is 10.9 Å². The SMILES string of the molecule is CSc1nc2c(F)c(Br)c(Cl)c(OCC[C@H]3COCCN3C(=O)OC(C)(C)C)c2c(=O)[nH]1. The quantitative estimate of drug-likeness (QED) is 0.329. The molecule has 0 bridgehead atoms.